The maximum atomic E-state index is 12.3. The van der Waals surface area contributed by atoms with Crippen molar-refractivity contribution >= 4 is 39.2 Å². The van der Waals surface area contributed by atoms with Crippen LogP contribution in [-0.2, 0) is 4.79 Å². The summed E-state index contributed by atoms with van der Waals surface area (Å²) in [7, 11) is 0. The Balaban J connectivity index is 1.62. The van der Waals surface area contributed by atoms with Gasteiger partial charge in [-0.05, 0) is 37.8 Å². The molecule has 2 heterocycles. The highest BCUT2D eigenvalue weighted by atomic mass is 32.2. The summed E-state index contributed by atoms with van der Waals surface area (Å²) in [5, 5.41) is 5.03. The number of amides is 1. The molecule has 0 fully saturated rings. The quantitative estimate of drug-likeness (QED) is 0.496. The zero-order chi connectivity index (χ0) is 18.7. The maximum absolute atomic E-state index is 12.3. The molecular formula is C20H23N3OS2. The molecule has 3 aromatic rings. The van der Waals surface area contributed by atoms with Crippen LogP contribution in [0.4, 0.5) is 0 Å². The summed E-state index contributed by atoms with van der Waals surface area (Å²) in [5.41, 5.74) is 2.45. The van der Waals surface area contributed by atoms with Crippen LogP contribution < -0.4 is 5.32 Å². The van der Waals surface area contributed by atoms with Gasteiger partial charge in [0.05, 0.1) is 5.75 Å². The lowest BCUT2D eigenvalue weighted by molar-refractivity contribution is -0.118. The van der Waals surface area contributed by atoms with Crippen molar-refractivity contribution in [3.05, 3.63) is 52.2 Å². The summed E-state index contributed by atoms with van der Waals surface area (Å²) in [4.78, 5) is 23.7. The molecule has 1 N–H and O–H groups in total. The molecule has 1 aromatic carbocycles. The number of thiophene rings is 1. The van der Waals surface area contributed by atoms with E-state index in [1.807, 2.05) is 25.1 Å². The lowest BCUT2D eigenvalue weighted by atomic mass is 10.0. The average Bonchev–Trinajstić information content (AvgIpc) is 2.92. The van der Waals surface area contributed by atoms with Crippen molar-refractivity contribution < 1.29 is 4.79 Å². The number of aromatic nitrogens is 2. The topological polar surface area (TPSA) is 54.9 Å². The van der Waals surface area contributed by atoms with Crippen molar-refractivity contribution in [2.45, 2.75) is 38.6 Å². The fourth-order valence-electron chi connectivity index (χ4n) is 2.77. The fraction of sp³-hybridized carbons (Fsp3) is 0.350. The van der Waals surface area contributed by atoms with Gasteiger partial charge in [-0.1, -0.05) is 49.0 Å². The van der Waals surface area contributed by atoms with E-state index in [0.29, 0.717) is 18.2 Å². The van der Waals surface area contributed by atoms with E-state index >= 15 is 0 Å². The second kappa shape index (κ2) is 8.18. The molecule has 0 saturated carbocycles. The van der Waals surface area contributed by atoms with Gasteiger partial charge in [0.2, 0.25) is 5.91 Å². The van der Waals surface area contributed by atoms with Gasteiger partial charge in [-0.2, -0.15) is 0 Å². The number of aryl methyl sites for hydroxylation is 3. The molecule has 0 aliphatic carbocycles. The van der Waals surface area contributed by atoms with Gasteiger partial charge in [-0.25, -0.2) is 9.97 Å². The number of hydrogen-bond acceptors (Lipinski definition) is 5. The molecule has 0 bridgehead atoms. The van der Waals surface area contributed by atoms with Crippen molar-refractivity contribution in [2.24, 2.45) is 0 Å². The Hall–Kier alpha value is -1.92. The molecule has 136 valence electrons. The van der Waals surface area contributed by atoms with E-state index in [1.165, 1.54) is 27.8 Å². The summed E-state index contributed by atoms with van der Waals surface area (Å²) >= 11 is 3.18. The van der Waals surface area contributed by atoms with Gasteiger partial charge < -0.3 is 5.32 Å². The largest absolute Gasteiger partial charge is 0.355 e. The van der Waals surface area contributed by atoms with E-state index in [4.69, 9.17) is 0 Å². The normalized spacial score (nSPS) is 12.3. The van der Waals surface area contributed by atoms with E-state index in [1.54, 1.807) is 11.3 Å². The van der Waals surface area contributed by atoms with Crippen molar-refractivity contribution in [2.75, 3.05) is 12.3 Å². The van der Waals surface area contributed by atoms with E-state index in [2.05, 4.69) is 48.2 Å². The molecule has 4 nitrogen and oxygen atoms in total. The van der Waals surface area contributed by atoms with Crippen molar-refractivity contribution in [1.29, 1.82) is 0 Å². The number of nitrogens with one attached hydrogen (secondary N) is 1. The Labute approximate surface area is 162 Å². The predicted molar refractivity (Wildman–Crippen MR) is 110 cm³/mol. The first kappa shape index (κ1) is 18.9. The molecule has 26 heavy (non-hydrogen) atoms. The molecule has 0 radical (unpaired) electrons. The number of benzene rings is 1. The first-order valence-corrected chi connectivity index (χ1v) is 10.4. The highest BCUT2D eigenvalue weighted by molar-refractivity contribution is 8.00. The van der Waals surface area contributed by atoms with Crippen LogP contribution in [0, 0.1) is 20.8 Å². The number of carbonyl (C=O) groups excluding carboxylic acids is 1. The summed E-state index contributed by atoms with van der Waals surface area (Å²) < 4.78 is 0. The second-order valence-electron chi connectivity index (χ2n) is 6.44. The molecule has 6 heteroatoms. The van der Waals surface area contributed by atoms with Crippen LogP contribution in [0.15, 0.2) is 35.4 Å². The Morgan fingerprint density at radius 1 is 1.19 bits per heavy atom. The van der Waals surface area contributed by atoms with Gasteiger partial charge in [0, 0.05) is 16.8 Å². The van der Waals surface area contributed by atoms with Gasteiger partial charge in [0.1, 0.15) is 15.7 Å². The fourth-order valence-corrected chi connectivity index (χ4v) is 4.87. The molecule has 0 unspecified atom stereocenters. The molecule has 3 rings (SSSR count). The Morgan fingerprint density at radius 3 is 2.65 bits per heavy atom. The monoisotopic (exact) mass is 385 g/mol. The lowest BCUT2D eigenvalue weighted by Gasteiger charge is -2.13. The summed E-state index contributed by atoms with van der Waals surface area (Å²) in [6, 6.07) is 10.2. The van der Waals surface area contributed by atoms with Gasteiger partial charge >= 0.3 is 0 Å². The lowest BCUT2D eigenvalue weighted by Crippen LogP contribution is -2.29. The minimum Gasteiger partial charge on any atom is -0.355 e. The van der Waals surface area contributed by atoms with Crippen molar-refractivity contribution in [3.8, 4) is 0 Å². The van der Waals surface area contributed by atoms with Crippen LogP contribution in [0.2, 0.25) is 0 Å². The molecule has 0 spiro atoms. The first-order chi connectivity index (χ1) is 12.5. The van der Waals surface area contributed by atoms with Gasteiger partial charge in [-0.15, -0.1) is 11.3 Å². The summed E-state index contributed by atoms with van der Waals surface area (Å²) in [5.74, 6) is 1.44. The zero-order valence-electron chi connectivity index (χ0n) is 15.5. The van der Waals surface area contributed by atoms with Gasteiger partial charge in [-0.3, -0.25) is 4.79 Å². The smallest absolute Gasteiger partial charge is 0.230 e. The Morgan fingerprint density at radius 2 is 1.92 bits per heavy atom. The van der Waals surface area contributed by atoms with Crippen LogP contribution in [0.1, 0.15) is 34.7 Å². The number of hydrogen-bond donors (Lipinski definition) is 1. The summed E-state index contributed by atoms with van der Waals surface area (Å²) in [6.45, 7) is 8.85. The third-order valence-electron chi connectivity index (χ3n) is 4.42. The molecular weight excluding hydrogens is 362 g/mol. The average molecular weight is 386 g/mol. The molecule has 0 saturated heterocycles. The third-order valence-corrected chi connectivity index (χ3v) is 6.50. The van der Waals surface area contributed by atoms with E-state index in [9.17, 15) is 4.79 Å². The van der Waals surface area contributed by atoms with E-state index in [-0.39, 0.29) is 5.91 Å². The van der Waals surface area contributed by atoms with Crippen molar-refractivity contribution in [3.63, 3.8) is 0 Å². The number of fused-ring (bicyclic) bond motifs is 1. The third kappa shape index (κ3) is 4.24. The van der Waals surface area contributed by atoms with Gasteiger partial charge in [0.15, 0.2) is 0 Å². The first-order valence-electron chi connectivity index (χ1n) is 8.64. The molecule has 2 aromatic heterocycles. The Kier molecular flexibility index (Phi) is 5.94. The number of rotatable bonds is 6. The van der Waals surface area contributed by atoms with Crippen LogP contribution in [0.3, 0.4) is 0 Å². The number of nitrogens with zero attached hydrogens (tertiary/aromatic N) is 2. The van der Waals surface area contributed by atoms with Crippen LogP contribution >= 0.6 is 23.1 Å². The molecule has 0 aliphatic rings. The molecule has 0 aliphatic heterocycles. The Bertz CT molecular complexity index is 922. The van der Waals surface area contributed by atoms with Crippen LogP contribution in [0.25, 0.3) is 10.2 Å². The van der Waals surface area contributed by atoms with E-state index < -0.39 is 0 Å². The minimum absolute atomic E-state index is 0.0341. The standard InChI is InChI=1S/C20H23N3OS2/c1-12(16-8-6-5-7-9-16)10-21-17(24)11-25-19-18-13(2)14(3)26-20(18)23-15(4)22-19/h5-9,12H,10-11H2,1-4H3,(H,21,24)/t12-/m0/s1. The second-order valence-corrected chi connectivity index (χ2v) is 8.61. The zero-order valence-corrected chi connectivity index (χ0v) is 17.1. The van der Waals surface area contributed by atoms with E-state index in [0.717, 1.165) is 21.1 Å². The maximum Gasteiger partial charge on any atom is 0.230 e. The van der Waals surface area contributed by atoms with Crippen LogP contribution in [-0.4, -0.2) is 28.2 Å². The molecule has 1 amide bonds. The van der Waals surface area contributed by atoms with Crippen LogP contribution in [0.5, 0.6) is 0 Å². The summed E-state index contributed by atoms with van der Waals surface area (Å²) in [6.07, 6.45) is 0. The van der Waals surface area contributed by atoms with Crippen molar-refractivity contribution in [1.82, 2.24) is 15.3 Å². The predicted octanol–water partition coefficient (Wildman–Crippen LogP) is 4.63. The highest BCUT2D eigenvalue weighted by Crippen LogP contribution is 2.34. The number of thioether (sulfide) groups is 1. The molecule has 1 atom stereocenters. The van der Waals surface area contributed by atoms with Gasteiger partial charge in [0.25, 0.3) is 0 Å². The highest BCUT2D eigenvalue weighted by Gasteiger charge is 2.15. The number of carbonyl (C=O) groups is 1. The minimum atomic E-state index is 0.0341. The SMILES string of the molecule is Cc1nc(SCC(=O)NC[C@H](C)c2ccccc2)c2c(C)c(C)sc2n1.